The van der Waals surface area contributed by atoms with Crippen molar-refractivity contribution in [3.05, 3.63) is 83.4 Å². The van der Waals surface area contributed by atoms with E-state index in [1.165, 1.54) is 48.5 Å². The lowest BCUT2D eigenvalue weighted by atomic mass is 10.1. The van der Waals surface area contributed by atoms with Gasteiger partial charge in [0.1, 0.15) is 29.2 Å². The second-order valence-corrected chi connectivity index (χ2v) is 11.5. The number of anilines is 1. The van der Waals surface area contributed by atoms with Crippen LogP contribution in [-0.4, -0.2) is 45.9 Å². The zero-order valence-electron chi connectivity index (χ0n) is 25.9. The molecule has 2 N–H and O–H groups in total. The van der Waals surface area contributed by atoms with Gasteiger partial charge in [-0.2, -0.15) is 4.90 Å². The van der Waals surface area contributed by atoms with Crippen LogP contribution in [0.1, 0.15) is 63.0 Å². The molecule has 244 valence electrons. The van der Waals surface area contributed by atoms with Crippen molar-refractivity contribution in [2.24, 2.45) is 0 Å². The lowest BCUT2D eigenvalue weighted by molar-refractivity contribution is -0.274. The fraction of sp³-hybridized carbons (Fsp3) is 0.344. The first kappa shape index (κ1) is 36.3. The van der Waals surface area contributed by atoms with Crippen LogP contribution in [0.2, 0.25) is 0 Å². The van der Waals surface area contributed by atoms with Crippen molar-refractivity contribution in [3.8, 4) is 17.2 Å². The minimum absolute atomic E-state index is 0.142. The van der Waals surface area contributed by atoms with E-state index in [-0.39, 0.29) is 12.2 Å². The molecule has 10 nitrogen and oxygen atoms in total. The summed E-state index contributed by atoms with van der Waals surface area (Å²) in [4.78, 5) is 36.8. The van der Waals surface area contributed by atoms with Gasteiger partial charge < -0.3 is 29.2 Å². The molecule has 3 aromatic rings. The highest BCUT2D eigenvalue weighted by Crippen LogP contribution is 2.46. The molecule has 0 radical (unpaired) electrons. The molecular weight excluding hydrogens is 599 g/mol. The highest BCUT2D eigenvalue weighted by molar-refractivity contribution is 6.11. The molecule has 0 saturated heterocycles. The van der Waals surface area contributed by atoms with Crippen LogP contribution in [0.5, 0.6) is 17.2 Å². The third kappa shape index (κ3) is 11.9. The fourth-order valence-electron chi connectivity index (χ4n) is 3.44. The summed E-state index contributed by atoms with van der Waals surface area (Å²) in [5.41, 5.74) is -2.07. The van der Waals surface area contributed by atoms with Gasteiger partial charge in [-0.05, 0) is 66.2 Å². The number of rotatable bonds is 6. The predicted molar refractivity (Wildman–Crippen MR) is 159 cm³/mol. The number of ether oxygens (including phenoxy) is 4. The van der Waals surface area contributed by atoms with Crippen LogP contribution >= 0.6 is 0 Å². The lowest BCUT2D eigenvalue weighted by Gasteiger charge is -2.30. The van der Waals surface area contributed by atoms with Crippen LogP contribution in [-0.2, 0) is 16.1 Å². The molecule has 0 aliphatic carbocycles. The van der Waals surface area contributed by atoms with E-state index < -0.39 is 58.7 Å². The summed E-state index contributed by atoms with van der Waals surface area (Å²) < 4.78 is 59.6. The van der Waals surface area contributed by atoms with Crippen molar-refractivity contribution in [1.29, 1.82) is 0 Å². The number of benzene rings is 3. The van der Waals surface area contributed by atoms with Crippen LogP contribution in [0.3, 0.4) is 0 Å². The molecule has 3 aromatic carbocycles. The van der Waals surface area contributed by atoms with Gasteiger partial charge in [0.25, 0.3) is 0 Å². The molecule has 0 atom stereocenters. The molecular formula is C32H36F3NO9. The molecule has 0 fully saturated rings. The molecule has 45 heavy (non-hydrogen) atoms. The average Bonchev–Trinajstić information content (AvgIpc) is 2.90. The number of alkyl halides is 3. The Morgan fingerprint density at radius 1 is 0.800 bits per heavy atom. The highest BCUT2D eigenvalue weighted by Gasteiger charge is 2.38. The van der Waals surface area contributed by atoms with E-state index in [0.717, 1.165) is 6.07 Å². The maximum Gasteiger partial charge on any atom is 0.573 e. The molecule has 0 aromatic heterocycles. The molecule has 0 heterocycles. The Bertz CT molecular complexity index is 1440. The summed E-state index contributed by atoms with van der Waals surface area (Å²) in [6, 6.07) is 17.7. The van der Waals surface area contributed by atoms with Gasteiger partial charge in [0.15, 0.2) is 11.5 Å². The monoisotopic (exact) mass is 635 g/mol. The molecule has 0 aliphatic heterocycles. The van der Waals surface area contributed by atoms with E-state index in [9.17, 15) is 32.7 Å². The third-order valence-corrected chi connectivity index (χ3v) is 5.31. The van der Waals surface area contributed by atoms with E-state index >= 15 is 0 Å². The number of phenolic OH excluding ortho intramolecular Hbond substituents is 1. The molecule has 0 saturated carbocycles. The van der Waals surface area contributed by atoms with Crippen LogP contribution in [0.25, 0.3) is 0 Å². The maximum absolute atomic E-state index is 13.1. The van der Waals surface area contributed by atoms with Gasteiger partial charge in [0.05, 0.1) is 5.56 Å². The van der Waals surface area contributed by atoms with Crippen molar-refractivity contribution in [2.45, 2.75) is 72.6 Å². The Kier molecular flexibility index (Phi) is 11.8. The van der Waals surface area contributed by atoms with Crippen molar-refractivity contribution < 1.29 is 56.7 Å². The number of hydrogen-bond donors (Lipinski definition) is 2. The first-order valence-corrected chi connectivity index (χ1v) is 13.5. The van der Waals surface area contributed by atoms with Crippen LogP contribution in [0.15, 0.2) is 66.7 Å². The second kappa shape index (κ2) is 14.7. The number of imide groups is 1. The van der Waals surface area contributed by atoms with Gasteiger partial charge in [0.2, 0.25) is 0 Å². The number of hydrogen-bond acceptors (Lipinski definition) is 8. The zero-order chi connectivity index (χ0) is 34.2. The minimum Gasteiger partial charge on any atom is -0.504 e. The van der Waals surface area contributed by atoms with E-state index in [4.69, 9.17) is 19.3 Å². The van der Waals surface area contributed by atoms with Gasteiger partial charge in [-0.25, -0.2) is 14.4 Å². The normalized spacial score (nSPS) is 11.4. The number of phenols is 1. The molecule has 0 unspecified atom stereocenters. The van der Waals surface area contributed by atoms with Crippen LogP contribution in [0, 0.1) is 6.92 Å². The van der Waals surface area contributed by atoms with Crippen LogP contribution in [0.4, 0.5) is 28.4 Å². The van der Waals surface area contributed by atoms with Crippen molar-refractivity contribution in [3.63, 3.8) is 0 Å². The number of carboxylic acid groups (broad SMARTS) is 1. The number of carboxylic acids is 1. The number of nitrogens with zero attached hydrogens (tertiary/aromatic N) is 1. The van der Waals surface area contributed by atoms with E-state index in [0.29, 0.717) is 16.0 Å². The standard InChI is InChI=1S/C25H30F3NO7.C7H6O2/c1-15-18(34-25(26,27)28)13-17(20(19(15)30)33-14-16-11-9-8-10-12-16)29(21(31)35-23(2,3)4)22(32)36-24(5,6)7;8-7(9)6-4-2-1-3-5-6/h8-13,30H,14H2,1-7H3;1-5H,(H,8,9). The number of carbonyl (C=O) groups excluding carboxylic acids is 2. The number of halogens is 3. The summed E-state index contributed by atoms with van der Waals surface area (Å²) in [5, 5.41) is 19.2. The molecule has 0 spiro atoms. The SMILES string of the molecule is Cc1c(OC(F)(F)F)cc(N(C(=O)OC(C)(C)C)C(=O)OC(C)(C)C)c(OCc2ccccc2)c1O.O=C(O)c1ccccc1. The lowest BCUT2D eigenvalue weighted by Crippen LogP contribution is -2.44. The van der Waals surface area contributed by atoms with E-state index in [1.807, 2.05) is 0 Å². The smallest absolute Gasteiger partial charge is 0.504 e. The molecule has 13 heteroatoms. The third-order valence-electron chi connectivity index (χ3n) is 5.31. The molecule has 3 rings (SSSR count). The second-order valence-electron chi connectivity index (χ2n) is 11.5. The molecule has 2 amide bonds. The first-order valence-electron chi connectivity index (χ1n) is 13.5. The Labute approximate surface area is 258 Å². The number of amides is 2. The summed E-state index contributed by atoms with van der Waals surface area (Å²) in [6.07, 6.45) is -7.64. The Morgan fingerprint density at radius 3 is 1.67 bits per heavy atom. The Morgan fingerprint density at radius 2 is 1.27 bits per heavy atom. The van der Waals surface area contributed by atoms with Gasteiger partial charge in [-0.1, -0.05) is 48.5 Å². The van der Waals surface area contributed by atoms with Gasteiger partial charge >= 0.3 is 24.5 Å². The largest absolute Gasteiger partial charge is 0.573 e. The average molecular weight is 636 g/mol. The zero-order valence-corrected chi connectivity index (χ0v) is 25.9. The van der Waals surface area contributed by atoms with Crippen LogP contribution < -0.4 is 14.4 Å². The fourth-order valence-corrected chi connectivity index (χ4v) is 3.44. The molecule has 0 aliphatic rings. The summed E-state index contributed by atoms with van der Waals surface area (Å²) in [5.74, 6) is -2.93. The van der Waals surface area contributed by atoms with Gasteiger partial charge in [0, 0.05) is 11.6 Å². The topological polar surface area (TPSA) is 132 Å². The maximum atomic E-state index is 13.1. The van der Waals surface area contributed by atoms with Crippen molar-refractivity contribution >= 4 is 23.8 Å². The van der Waals surface area contributed by atoms with Crippen molar-refractivity contribution in [1.82, 2.24) is 0 Å². The van der Waals surface area contributed by atoms with Gasteiger partial charge in [-0.15, -0.1) is 13.2 Å². The van der Waals surface area contributed by atoms with Crippen molar-refractivity contribution in [2.75, 3.05) is 4.90 Å². The summed E-state index contributed by atoms with van der Waals surface area (Å²) >= 11 is 0. The highest BCUT2D eigenvalue weighted by atomic mass is 19.4. The summed E-state index contributed by atoms with van der Waals surface area (Å²) in [7, 11) is 0. The number of aromatic hydroxyl groups is 1. The predicted octanol–water partition coefficient (Wildman–Crippen LogP) is 8.24. The van der Waals surface area contributed by atoms with E-state index in [2.05, 4.69) is 4.74 Å². The quantitative estimate of drug-likeness (QED) is 0.275. The number of aromatic carboxylic acids is 1. The Balaban J connectivity index is 0.000000669. The minimum atomic E-state index is -5.12. The molecule has 0 bridgehead atoms. The van der Waals surface area contributed by atoms with Gasteiger partial charge in [-0.3, -0.25) is 0 Å². The number of carbonyl (C=O) groups is 3. The summed E-state index contributed by atoms with van der Waals surface area (Å²) in [6.45, 7) is 10.3. The Hall–Kier alpha value is -4.94. The van der Waals surface area contributed by atoms with E-state index in [1.54, 1.807) is 60.7 Å². The first-order chi connectivity index (χ1) is 20.7.